The van der Waals surface area contributed by atoms with Crippen LogP contribution in [0.15, 0.2) is 45.5 Å². The fraction of sp³-hybridized carbons (Fsp3) is 0.154. The summed E-state index contributed by atoms with van der Waals surface area (Å²) >= 11 is 3.40. The Morgan fingerprint density at radius 1 is 1.22 bits per heavy atom. The summed E-state index contributed by atoms with van der Waals surface area (Å²) in [6.45, 7) is 2.09. The predicted molar refractivity (Wildman–Crippen MR) is 74.5 cm³/mol. The lowest BCUT2D eigenvalue weighted by molar-refractivity contribution is -0.114. The fourth-order valence-corrected chi connectivity index (χ4v) is 1.85. The first kappa shape index (κ1) is 12.7. The summed E-state index contributed by atoms with van der Waals surface area (Å²) in [6.07, 6.45) is 1.64. The van der Waals surface area contributed by atoms with Crippen LogP contribution in [0.3, 0.4) is 0 Å². The van der Waals surface area contributed by atoms with E-state index in [0.717, 1.165) is 21.6 Å². The van der Waals surface area contributed by atoms with Crippen LogP contribution in [0.1, 0.15) is 12.7 Å². The Hall–Kier alpha value is -1.75. The zero-order valence-corrected chi connectivity index (χ0v) is 11.5. The molecule has 5 heteroatoms. The Bertz CT molecular complexity index is 534. The van der Waals surface area contributed by atoms with Crippen molar-refractivity contribution in [2.24, 2.45) is 0 Å². The van der Waals surface area contributed by atoms with Crippen LogP contribution in [0.5, 0.6) is 0 Å². The maximum Gasteiger partial charge on any atom is 0.221 e. The molecule has 94 valence electrons. The molecule has 0 bridgehead atoms. The minimum absolute atomic E-state index is 0.0739. The third-order valence-corrected chi connectivity index (χ3v) is 3.06. The molecule has 1 amide bonds. The van der Waals surface area contributed by atoms with Crippen molar-refractivity contribution in [2.45, 2.75) is 13.5 Å². The molecule has 0 saturated heterocycles. The van der Waals surface area contributed by atoms with Gasteiger partial charge in [-0.15, -0.1) is 0 Å². The van der Waals surface area contributed by atoms with E-state index < -0.39 is 0 Å². The number of carbonyl (C=O) groups is 1. The average Bonchev–Trinajstić information content (AvgIpc) is 2.73. The lowest BCUT2D eigenvalue weighted by Crippen LogP contribution is -2.05. The van der Waals surface area contributed by atoms with Crippen molar-refractivity contribution in [1.82, 2.24) is 0 Å². The third kappa shape index (κ3) is 3.37. The Morgan fingerprint density at radius 2 is 1.89 bits per heavy atom. The molecule has 0 unspecified atom stereocenters. The van der Waals surface area contributed by atoms with E-state index >= 15 is 0 Å². The normalized spacial score (nSPS) is 10.1. The Balaban J connectivity index is 1.94. The molecule has 0 fully saturated rings. The van der Waals surface area contributed by atoms with Gasteiger partial charge in [-0.3, -0.25) is 4.79 Å². The number of hydrogen-bond acceptors (Lipinski definition) is 3. The molecule has 0 spiro atoms. The van der Waals surface area contributed by atoms with Gasteiger partial charge in [0.25, 0.3) is 0 Å². The molecule has 2 aromatic rings. The number of benzene rings is 1. The lowest BCUT2D eigenvalue weighted by atomic mass is 10.2. The van der Waals surface area contributed by atoms with Gasteiger partial charge in [-0.2, -0.15) is 0 Å². The van der Waals surface area contributed by atoms with Gasteiger partial charge in [0.1, 0.15) is 5.76 Å². The van der Waals surface area contributed by atoms with E-state index in [1.54, 1.807) is 6.26 Å². The van der Waals surface area contributed by atoms with E-state index in [9.17, 15) is 4.79 Å². The number of nitrogens with one attached hydrogen (secondary N) is 2. The summed E-state index contributed by atoms with van der Waals surface area (Å²) in [5, 5.41) is 5.95. The van der Waals surface area contributed by atoms with Gasteiger partial charge < -0.3 is 15.1 Å². The van der Waals surface area contributed by atoms with Crippen molar-refractivity contribution in [3.8, 4) is 0 Å². The van der Waals surface area contributed by atoms with Crippen molar-refractivity contribution in [3.63, 3.8) is 0 Å². The summed E-state index contributed by atoms with van der Waals surface area (Å²) in [4.78, 5) is 10.9. The van der Waals surface area contributed by atoms with Crippen molar-refractivity contribution in [3.05, 3.63) is 46.8 Å². The van der Waals surface area contributed by atoms with Crippen LogP contribution in [0, 0.1) is 0 Å². The molecule has 4 nitrogen and oxygen atoms in total. The van der Waals surface area contributed by atoms with E-state index in [4.69, 9.17) is 4.42 Å². The Kier molecular flexibility index (Phi) is 4.04. The Morgan fingerprint density at radius 3 is 2.44 bits per heavy atom. The monoisotopic (exact) mass is 308 g/mol. The van der Waals surface area contributed by atoms with Crippen molar-refractivity contribution in [1.29, 1.82) is 0 Å². The molecule has 0 radical (unpaired) electrons. The van der Waals surface area contributed by atoms with Gasteiger partial charge in [-0.05, 0) is 46.3 Å². The number of hydrogen-bond donors (Lipinski definition) is 2. The second-order valence-electron chi connectivity index (χ2n) is 3.80. The topological polar surface area (TPSA) is 54.3 Å². The van der Waals surface area contributed by atoms with Crippen LogP contribution in [0.2, 0.25) is 0 Å². The van der Waals surface area contributed by atoms with E-state index in [1.807, 2.05) is 30.3 Å². The van der Waals surface area contributed by atoms with Crippen LogP contribution in [-0.4, -0.2) is 5.91 Å². The van der Waals surface area contributed by atoms with E-state index in [1.165, 1.54) is 6.92 Å². The minimum Gasteiger partial charge on any atom is -0.466 e. The molecule has 18 heavy (non-hydrogen) atoms. The smallest absolute Gasteiger partial charge is 0.221 e. The first-order valence-electron chi connectivity index (χ1n) is 5.48. The third-order valence-electron chi connectivity index (χ3n) is 2.35. The molecular formula is C13H13BrN2O2. The van der Waals surface area contributed by atoms with Gasteiger partial charge in [-0.1, -0.05) is 0 Å². The van der Waals surface area contributed by atoms with E-state index in [2.05, 4.69) is 26.6 Å². The average molecular weight is 309 g/mol. The zero-order valence-electron chi connectivity index (χ0n) is 9.87. The number of halogens is 1. The molecule has 0 aliphatic heterocycles. The van der Waals surface area contributed by atoms with Crippen molar-refractivity contribution >= 4 is 33.2 Å². The van der Waals surface area contributed by atoms with E-state index in [-0.39, 0.29) is 5.91 Å². The molecule has 2 N–H and O–H groups in total. The van der Waals surface area contributed by atoms with Gasteiger partial charge in [0.15, 0.2) is 0 Å². The van der Waals surface area contributed by atoms with Gasteiger partial charge in [-0.25, -0.2) is 0 Å². The van der Waals surface area contributed by atoms with Gasteiger partial charge >= 0.3 is 0 Å². The molecule has 0 aliphatic rings. The molecule has 0 atom stereocenters. The second kappa shape index (κ2) is 5.73. The van der Waals surface area contributed by atoms with Crippen LogP contribution >= 0.6 is 15.9 Å². The molecule has 0 saturated carbocycles. The van der Waals surface area contributed by atoms with Gasteiger partial charge in [0.2, 0.25) is 5.91 Å². The minimum atomic E-state index is -0.0739. The SMILES string of the molecule is CC(=O)Nc1ccc(NCc2occc2Br)cc1. The molecular weight excluding hydrogens is 296 g/mol. The number of furan rings is 1. The molecule has 2 rings (SSSR count). The number of rotatable bonds is 4. The zero-order chi connectivity index (χ0) is 13.0. The standard InChI is InChI=1S/C13H13BrN2O2/c1-9(17)16-11-4-2-10(3-5-11)15-8-13-12(14)6-7-18-13/h2-7,15H,8H2,1H3,(H,16,17). The summed E-state index contributed by atoms with van der Waals surface area (Å²) in [5.41, 5.74) is 1.75. The van der Waals surface area contributed by atoms with Gasteiger partial charge in [0, 0.05) is 18.3 Å². The van der Waals surface area contributed by atoms with E-state index in [0.29, 0.717) is 6.54 Å². The van der Waals surface area contributed by atoms with Crippen LogP contribution in [0.25, 0.3) is 0 Å². The highest BCUT2D eigenvalue weighted by Gasteiger charge is 2.02. The first-order valence-corrected chi connectivity index (χ1v) is 6.28. The van der Waals surface area contributed by atoms with Crippen LogP contribution in [0.4, 0.5) is 11.4 Å². The number of carbonyl (C=O) groups excluding carboxylic acids is 1. The first-order chi connectivity index (χ1) is 8.65. The maximum absolute atomic E-state index is 10.9. The van der Waals surface area contributed by atoms with Crippen molar-refractivity contribution < 1.29 is 9.21 Å². The summed E-state index contributed by atoms with van der Waals surface area (Å²) in [6, 6.07) is 9.36. The van der Waals surface area contributed by atoms with Crippen LogP contribution < -0.4 is 10.6 Å². The highest BCUT2D eigenvalue weighted by Crippen LogP contribution is 2.20. The summed E-state index contributed by atoms with van der Waals surface area (Å²) < 4.78 is 6.24. The number of amides is 1. The van der Waals surface area contributed by atoms with Gasteiger partial charge in [0.05, 0.1) is 17.3 Å². The second-order valence-corrected chi connectivity index (χ2v) is 4.66. The molecule has 1 heterocycles. The quantitative estimate of drug-likeness (QED) is 0.907. The lowest BCUT2D eigenvalue weighted by Gasteiger charge is -2.06. The predicted octanol–water partition coefficient (Wildman–Crippen LogP) is 3.61. The van der Waals surface area contributed by atoms with Crippen molar-refractivity contribution in [2.75, 3.05) is 10.6 Å². The Labute approximate surface area is 114 Å². The highest BCUT2D eigenvalue weighted by atomic mass is 79.9. The maximum atomic E-state index is 10.9. The highest BCUT2D eigenvalue weighted by molar-refractivity contribution is 9.10. The molecule has 0 aliphatic carbocycles. The molecule has 1 aromatic heterocycles. The largest absolute Gasteiger partial charge is 0.466 e. The summed E-state index contributed by atoms with van der Waals surface area (Å²) in [5.74, 6) is 0.774. The van der Waals surface area contributed by atoms with Crippen LogP contribution in [-0.2, 0) is 11.3 Å². The molecule has 1 aromatic carbocycles. The fourth-order valence-electron chi connectivity index (χ4n) is 1.51. The number of anilines is 2. The summed E-state index contributed by atoms with van der Waals surface area (Å²) in [7, 11) is 0.